The quantitative estimate of drug-likeness (QED) is 0.0347. The fraction of sp³-hybridized carbons (Fsp3) is 0.919. The summed E-state index contributed by atoms with van der Waals surface area (Å²) in [5.74, 6) is -1.77. The van der Waals surface area contributed by atoms with Crippen LogP contribution in [0.3, 0.4) is 0 Å². The Morgan fingerprint density at radius 2 is 0.638 bits per heavy atom. The fourth-order valence-electron chi connectivity index (χ4n) is 5.76. The summed E-state index contributed by atoms with van der Waals surface area (Å²) in [6, 6.07) is 0. The summed E-state index contributed by atoms with van der Waals surface area (Å²) in [5.41, 5.74) is 0. The average Bonchev–Trinajstić information content (AvgIpc) is 3.04. The van der Waals surface area contributed by atoms with Crippen molar-refractivity contribution in [2.45, 2.75) is 180 Å². The van der Waals surface area contributed by atoms with Gasteiger partial charge in [-0.25, -0.2) is 0 Å². The van der Waals surface area contributed by atoms with Crippen LogP contribution in [0.1, 0.15) is 175 Å². The molecule has 0 saturated carbocycles. The van der Waals surface area contributed by atoms with Crippen LogP contribution < -0.4 is 0 Å². The summed E-state index contributed by atoms with van der Waals surface area (Å²) in [5, 5.41) is 0. The van der Waals surface area contributed by atoms with Crippen molar-refractivity contribution >= 4 is 75.4 Å². The third-order valence-corrected chi connectivity index (χ3v) is 15.2. The van der Waals surface area contributed by atoms with E-state index in [9.17, 15) is 14.4 Å². The number of carbonyl (C=O) groups excluding carboxylic acids is 3. The third-order valence-electron chi connectivity index (χ3n) is 8.99. The number of thiol groups is 3. The molecule has 0 aromatic heterocycles. The number of rotatable bonds is 33. The zero-order valence-electron chi connectivity index (χ0n) is 30.6. The molecule has 0 heterocycles. The molecule has 6 nitrogen and oxygen atoms in total. The van der Waals surface area contributed by atoms with Crippen LogP contribution in [0.25, 0.3) is 0 Å². The molecule has 0 amide bonds. The summed E-state index contributed by atoms with van der Waals surface area (Å²) < 4.78 is 17.9. The van der Waals surface area contributed by atoms with Crippen LogP contribution in [0, 0.1) is 17.8 Å². The van der Waals surface area contributed by atoms with Gasteiger partial charge in [-0.3, -0.25) is 0 Å². The first-order chi connectivity index (χ1) is 22.7. The molecule has 0 rings (SSSR count). The molecule has 0 fully saturated rings. The van der Waals surface area contributed by atoms with E-state index in [4.69, 9.17) is 9.22 Å². The van der Waals surface area contributed by atoms with E-state index in [2.05, 4.69) is 58.7 Å². The van der Waals surface area contributed by atoms with Crippen LogP contribution in [-0.2, 0) is 23.6 Å². The van der Waals surface area contributed by atoms with Crippen LogP contribution in [-0.4, -0.2) is 54.8 Å². The number of hydrogen-bond acceptors (Lipinski definition) is 9. The Hall–Kier alpha value is 0.259. The summed E-state index contributed by atoms with van der Waals surface area (Å²) in [6.45, 7) is 6.63. The molecule has 3 unspecified atom stereocenters. The Kier molecular flexibility index (Phi) is 32.4. The molecule has 3 atom stereocenters. The topological polar surface area (TPSA) is 78.9 Å². The molecule has 47 heavy (non-hydrogen) atoms. The normalized spacial score (nSPS) is 14.6. The molecule has 0 aliphatic carbocycles. The maximum atomic E-state index is 13.4. The third kappa shape index (κ3) is 25.0. The van der Waals surface area contributed by atoms with Gasteiger partial charge in [0.05, 0.1) is 0 Å². The van der Waals surface area contributed by atoms with E-state index in [1.807, 2.05) is 0 Å². The predicted octanol–water partition coefficient (Wildman–Crippen LogP) is 11.2. The van der Waals surface area contributed by atoms with E-state index in [1.54, 1.807) is 4.94 Å². The number of carbonyl (C=O) groups is 3. The molecule has 0 aliphatic heterocycles. The maximum absolute atomic E-state index is 13.4. The van der Waals surface area contributed by atoms with E-state index in [0.29, 0.717) is 36.5 Å². The van der Waals surface area contributed by atoms with E-state index in [0.717, 1.165) is 57.8 Å². The van der Waals surface area contributed by atoms with Gasteiger partial charge in [-0.2, -0.15) is 0 Å². The van der Waals surface area contributed by atoms with Crippen LogP contribution in [0.4, 0.5) is 0 Å². The Bertz CT molecular complexity index is 689. The molecular formula is C37H72O6S3Sn. The van der Waals surface area contributed by atoms with E-state index in [-0.39, 0.29) is 0 Å². The molecule has 0 aliphatic rings. The van der Waals surface area contributed by atoms with Gasteiger partial charge in [0.2, 0.25) is 0 Å². The molecule has 0 aromatic carbocycles. The molecule has 0 aromatic rings. The SMILES string of the molecule is CCCCCCCCCC(CS)C(=O)[O][Sn]([CH3])([O]C(=O)C(CS)CCCCCCCCC)[O]C(=O)C(CS)CCCCCCCCC. The molecular weight excluding hydrogens is 755 g/mol. The van der Waals surface area contributed by atoms with Crippen molar-refractivity contribution in [1.29, 1.82) is 0 Å². The van der Waals surface area contributed by atoms with E-state index in [1.165, 1.54) is 77.0 Å². The van der Waals surface area contributed by atoms with Gasteiger partial charge >= 0.3 is 314 Å². The van der Waals surface area contributed by atoms with Crippen molar-refractivity contribution in [3.8, 4) is 0 Å². The monoisotopic (exact) mass is 828 g/mol. The second kappa shape index (κ2) is 32.2. The summed E-state index contributed by atoms with van der Waals surface area (Å²) >= 11 is 8.35. The first-order valence-electron chi connectivity index (χ1n) is 19.2. The van der Waals surface area contributed by atoms with E-state index < -0.39 is 55.3 Å². The van der Waals surface area contributed by atoms with Crippen molar-refractivity contribution in [3.63, 3.8) is 0 Å². The minimum atomic E-state index is -4.99. The van der Waals surface area contributed by atoms with Crippen LogP contribution in [0.15, 0.2) is 0 Å². The summed E-state index contributed by atoms with van der Waals surface area (Å²) in [6.07, 6.45) is 26.0. The van der Waals surface area contributed by atoms with Gasteiger partial charge in [-0.15, -0.1) is 0 Å². The standard InChI is InChI=1S/3C12H24O2S.CH3.Sn/c3*1-2-3-4-5-6-7-8-9-11(10-15)12(13)14;;/h3*11,15H,2-10H2,1H3,(H,13,14);1H3;/q;;;;+3/p-3. The number of unbranched alkanes of at least 4 members (excludes halogenated alkanes) is 18. The van der Waals surface area contributed by atoms with Crippen LogP contribution in [0.2, 0.25) is 4.94 Å². The molecule has 0 radical (unpaired) electrons. The summed E-state index contributed by atoms with van der Waals surface area (Å²) in [7, 11) is 0. The van der Waals surface area contributed by atoms with E-state index >= 15 is 0 Å². The molecule has 0 N–H and O–H groups in total. The van der Waals surface area contributed by atoms with Gasteiger partial charge in [0.25, 0.3) is 0 Å². The second-order valence-corrected chi connectivity index (χ2v) is 21.3. The molecule has 0 spiro atoms. The fourth-order valence-corrected chi connectivity index (χ4v) is 11.7. The molecule has 0 bridgehead atoms. The Morgan fingerprint density at radius 3 is 0.851 bits per heavy atom. The molecule has 10 heteroatoms. The first-order valence-corrected chi connectivity index (χ1v) is 27.5. The molecule has 278 valence electrons. The van der Waals surface area contributed by atoms with Gasteiger partial charge in [-0.1, -0.05) is 0 Å². The zero-order chi connectivity index (χ0) is 35.2. The minimum absolute atomic E-state index is 0.327. The van der Waals surface area contributed by atoms with Crippen LogP contribution >= 0.6 is 37.9 Å². The van der Waals surface area contributed by atoms with Crippen molar-refractivity contribution in [1.82, 2.24) is 0 Å². The van der Waals surface area contributed by atoms with Crippen LogP contribution in [0.5, 0.6) is 0 Å². The van der Waals surface area contributed by atoms with Crippen molar-refractivity contribution < 1.29 is 23.6 Å². The van der Waals surface area contributed by atoms with Gasteiger partial charge in [0, 0.05) is 0 Å². The zero-order valence-corrected chi connectivity index (χ0v) is 36.2. The summed E-state index contributed by atoms with van der Waals surface area (Å²) in [4.78, 5) is 41.9. The molecule has 0 saturated heterocycles. The Morgan fingerprint density at radius 1 is 0.426 bits per heavy atom. The van der Waals surface area contributed by atoms with Crippen molar-refractivity contribution in [2.75, 3.05) is 17.3 Å². The Balaban J connectivity index is 5.42. The average molecular weight is 828 g/mol. The van der Waals surface area contributed by atoms with Gasteiger partial charge in [-0.05, 0) is 0 Å². The van der Waals surface area contributed by atoms with Crippen molar-refractivity contribution in [3.05, 3.63) is 0 Å². The predicted molar refractivity (Wildman–Crippen MR) is 210 cm³/mol. The van der Waals surface area contributed by atoms with Crippen molar-refractivity contribution in [2.24, 2.45) is 17.8 Å². The first kappa shape index (κ1) is 47.3. The van der Waals surface area contributed by atoms with Gasteiger partial charge in [0.15, 0.2) is 0 Å². The second-order valence-electron chi connectivity index (χ2n) is 13.5. The number of hydrogen-bond donors (Lipinski definition) is 3. The van der Waals surface area contributed by atoms with Gasteiger partial charge in [0.1, 0.15) is 0 Å². The Labute approximate surface area is 311 Å². The van der Waals surface area contributed by atoms with Gasteiger partial charge < -0.3 is 0 Å².